The number of carbonyl (C=O) groups is 1. The van der Waals surface area contributed by atoms with Crippen LogP contribution in [0.25, 0.3) is 0 Å². The van der Waals surface area contributed by atoms with Crippen LogP contribution in [0.3, 0.4) is 0 Å². The Balaban J connectivity index is 1.67. The van der Waals surface area contributed by atoms with Crippen molar-refractivity contribution in [1.29, 1.82) is 0 Å². The zero-order valence-electron chi connectivity index (χ0n) is 14.8. The van der Waals surface area contributed by atoms with E-state index in [1.165, 1.54) is 0 Å². The molecule has 2 aromatic rings. The molecule has 0 bridgehead atoms. The molecule has 0 saturated carbocycles. The first-order valence-corrected chi connectivity index (χ1v) is 8.47. The Morgan fingerprint density at radius 2 is 2.24 bits per heavy atom. The molecule has 1 saturated heterocycles. The number of aromatic nitrogens is 3. The van der Waals surface area contributed by atoms with Gasteiger partial charge in [0.05, 0.1) is 26.3 Å². The summed E-state index contributed by atoms with van der Waals surface area (Å²) in [4.78, 5) is 14.3. The van der Waals surface area contributed by atoms with Gasteiger partial charge in [-0.25, -0.2) is 4.68 Å². The molecule has 7 nitrogen and oxygen atoms in total. The molecule has 7 heteroatoms. The van der Waals surface area contributed by atoms with Crippen LogP contribution in [0.5, 0.6) is 5.75 Å². The van der Waals surface area contributed by atoms with Crippen LogP contribution in [0, 0.1) is 0 Å². The summed E-state index contributed by atoms with van der Waals surface area (Å²) in [5.41, 5.74) is 0.292. The van der Waals surface area contributed by atoms with E-state index in [1.807, 2.05) is 38.1 Å². The summed E-state index contributed by atoms with van der Waals surface area (Å²) in [5.74, 6) is 0.717. The highest BCUT2D eigenvalue weighted by atomic mass is 16.5. The predicted octanol–water partition coefficient (Wildman–Crippen LogP) is 1.53. The summed E-state index contributed by atoms with van der Waals surface area (Å²) in [6.45, 7) is 4.75. The van der Waals surface area contributed by atoms with Gasteiger partial charge in [-0.3, -0.25) is 4.79 Å². The second kappa shape index (κ2) is 6.84. The van der Waals surface area contributed by atoms with Gasteiger partial charge in [0, 0.05) is 19.0 Å². The first kappa shape index (κ1) is 17.4. The maximum atomic E-state index is 12.6. The van der Waals surface area contributed by atoms with Crippen molar-refractivity contribution in [2.75, 3.05) is 20.2 Å². The first-order valence-electron chi connectivity index (χ1n) is 8.47. The van der Waals surface area contributed by atoms with Gasteiger partial charge in [-0.2, -0.15) is 0 Å². The monoisotopic (exact) mass is 344 g/mol. The molecule has 1 atom stereocenters. The van der Waals surface area contributed by atoms with Crippen LogP contribution >= 0.6 is 0 Å². The van der Waals surface area contributed by atoms with Gasteiger partial charge in [0.25, 0.3) is 0 Å². The molecule has 1 aliphatic rings. The molecule has 1 fully saturated rings. The molecular weight excluding hydrogens is 320 g/mol. The van der Waals surface area contributed by atoms with E-state index in [9.17, 15) is 9.90 Å². The van der Waals surface area contributed by atoms with E-state index in [2.05, 4.69) is 10.3 Å². The van der Waals surface area contributed by atoms with Crippen LogP contribution in [-0.2, 0) is 16.8 Å². The standard InChI is InChI=1S/C18H24N4O3/c1-13(2)22-11-16(19-20-22)18(24)7-8-21(12-18)17(23)10-14-5-4-6-15(9-14)25-3/h4-6,9,11,13,24H,7-8,10,12H2,1-3H3/t18-/m0/s1. The number of methoxy groups -OCH3 is 1. The van der Waals surface area contributed by atoms with Gasteiger partial charge in [0.2, 0.25) is 5.91 Å². The van der Waals surface area contributed by atoms with E-state index in [0.717, 1.165) is 11.3 Å². The van der Waals surface area contributed by atoms with Gasteiger partial charge in [0.1, 0.15) is 17.0 Å². The number of likely N-dealkylation sites (tertiary alicyclic amines) is 1. The number of amides is 1. The smallest absolute Gasteiger partial charge is 0.227 e. The number of aliphatic hydroxyl groups is 1. The molecule has 0 unspecified atom stereocenters. The van der Waals surface area contributed by atoms with Crippen LogP contribution < -0.4 is 4.74 Å². The van der Waals surface area contributed by atoms with Gasteiger partial charge < -0.3 is 14.7 Å². The summed E-state index contributed by atoms with van der Waals surface area (Å²) in [5, 5.41) is 19.0. The van der Waals surface area contributed by atoms with E-state index in [1.54, 1.807) is 22.9 Å². The summed E-state index contributed by atoms with van der Waals surface area (Å²) >= 11 is 0. The van der Waals surface area contributed by atoms with Crippen molar-refractivity contribution in [1.82, 2.24) is 19.9 Å². The lowest BCUT2D eigenvalue weighted by molar-refractivity contribution is -0.130. The lowest BCUT2D eigenvalue weighted by Gasteiger charge is -2.21. The summed E-state index contributed by atoms with van der Waals surface area (Å²) in [6.07, 6.45) is 2.51. The van der Waals surface area contributed by atoms with E-state index >= 15 is 0 Å². The molecule has 0 spiro atoms. The van der Waals surface area contributed by atoms with Gasteiger partial charge in [-0.1, -0.05) is 17.3 Å². The Morgan fingerprint density at radius 3 is 2.92 bits per heavy atom. The molecule has 25 heavy (non-hydrogen) atoms. The topological polar surface area (TPSA) is 80.5 Å². The number of hydrogen-bond donors (Lipinski definition) is 1. The van der Waals surface area contributed by atoms with Crippen molar-refractivity contribution in [3.05, 3.63) is 41.7 Å². The van der Waals surface area contributed by atoms with E-state index < -0.39 is 5.60 Å². The van der Waals surface area contributed by atoms with Crippen molar-refractivity contribution in [3.8, 4) is 5.75 Å². The third-order valence-corrected chi connectivity index (χ3v) is 4.61. The van der Waals surface area contributed by atoms with Crippen molar-refractivity contribution in [2.45, 2.75) is 38.3 Å². The van der Waals surface area contributed by atoms with E-state index in [-0.39, 0.29) is 24.9 Å². The number of hydrogen-bond acceptors (Lipinski definition) is 5. The van der Waals surface area contributed by atoms with Crippen LogP contribution in [0.2, 0.25) is 0 Å². The molecule has 1 amide bonds. The summed E-state index contributed by atoms with van der Waals surface area (Å²) in [6, 6.07) is 7.65. The minimum Gasteiger partial charge on any atom is -0.497 e. The molecule has 1 aromatic carbocycles. The lowest BCUT2D eigenvalue weighted by Crippen LogP contribution is -2.35. The fraction of sp³-hybridized carbons (Fsp3) is 0.500. The largest absolute Gasteiger partial charge is 0.497 e. The molecule has 134 valence electrons. The fourth-order valence-corrected chi connectivity index (χ4v) is 3.03. The highest BCUT2D eigenvalue weighted by Crippen LogP contribution is 2.31. The molecule has 1 N–H and O–H groups in total. The Kier molecular flexibility index (Phi) is 4.76. The number of nitrogens with zero attached hydrogens (tertiary/aromatic N) is 4. The second-order valence-electron chi connectivity index (χ2n) is 6.80. The first-order chi connectivity index (χ1) is 11.9. The third kappa shape index (κ3) is 3.66. The highest BCUT2D eigenvalue weighted by molar-refractivity contribution is 5.79. The molecule has 0 aliphatic carbocycles. The van der Waals surface area contributed by atoms with Crippen LogP contribution in [0.15, 0.2) is 30.5 Å². The molecule has 3 rings (SSSR count). The van der Waals surface area contributed by atoms with E-state index in [4.69, 9.17) is 4.74 Å². The third-order valence-electron chi connectivity index (χ3n) is 4.61. The average molecular weight is 344 g/mol. The van der Waals surface area contributed by atoms with Crippen molar-refractivity contribution < 1.29 is 14.6 Å². The fourth-order valence-electron chi connectivity index (χ4n) is 3.03. The number of ether oxygens (including phenoxy) is 1. The lowest BCUT2D eigenvalue weighted by atomic mass is 10.00. The Labute approximate surface area is 147 Å². The Morgan fingerprint density at radius 1 is 1.44 bits per heavy atom. The number of carbonyl (C=O) groups excluding carboxylic acids is 1. The zero-order valence-corrected chi connectivity index (χ0v) is 14.8. The predicted molar refractivity (Wildman–Crippen MR) is 92.2 cm³/mol. The normalized spacial score (nSPS) is 20.3. The quantitative estimate of drug-likeness (QED) is 0.890. The van der Waals surface area contributed by atoms with Crippen molar-refractivity contribution in [3.63, 3.8) is 0 Å². The number of rotatable bonds is 5. The highest BCUT2D eigenvalue weighted by Gasteiger charge is 2.41. The molecule has 1 aromatic heterocycles. The Bertz CT molecular complexity index is 758. The van der Waals surface area contributed by atoms with Crippen LogP contribution in [-0.4, -0.2) is 51.1 Å². The molecule has 1 aliphatic heterocycles. The van der Waals surface area contributed by atoms with Gasteiger partial charge in [-0.05, 0) is 31.5 Å². The summed E-state index contributed by atoms with van der Waals surface area (Å²) < 4.78 is 6.91. The summed E-state index contributed by atoms with van der Waals surface area (Å²) in [7, 11) is 1.60. The maximum Gasteiger partial charge on any atom is 0.227 e. The van der Waals surface area contributed by atoms with E-state index in [0.29, 0.717) is 18.7 Å². The molecule has 0 radical (unpaired) electrons. The van der Waals surface area contributed by atoms with Crippen LogP contribution in [0.4, 0.5) is 0 Å². The van der Waals surface area contributed by atoms with Crippen LogP contribution in [0.1, 0.15) is 37.6 Å². The Hall–Kier alpha value is -2.41. The van der Waals surface area contributed by atoms with Gasteiger partial charge in [0.15, 0.2) is 0 Å². The maximum absolute atomic E-state index is 12.6. The average Bonchev–Trinajstić information content (AvgIpc) is 3.23. The number of benzene rings is 1. The molecular formula is C18H24N4O3. The van der Waals surface area contributed by atoms with Crippen molar-refractivity contribution in [2.24, 2.45) is 0 Å². The van der Waals surface area contributed by atoms with Crippen molar-refractivity contribution >= 4 is 5.91 Å². The second-order valence-corrected chi connectivity index (χ2v) is 6.80. The number of β-amino-alcohol motifs (C(OH)–C–C–N with tert-alkyl or cyclic N) is 1. The zero-order chi connectivity index (χ0) is 18.0. The molecule has 2 heterocycles. The van der Waals surface area contributed by atoms with Gasteiger partial charge in [-0.15, -0.1) is 5.10 Å². The minimum atomic E-state index is -1.13. The van der Waals surface area contributed by atoms with Gasteiger partial charge >= 0.3 is 0 Å². The SMILES string of the molecule is COc1cccc(CC(=O)N2CC[C@@](O)(c3cn(C(C)C)nn3)C2)c1. The minimum absolute atomic E-state index is 0.0135.